The minimum absolute atomic E-state index is 0.0104. The number of hydrogen-bond donors (Lipinski definition) is 2. The Labute approximate surface area is 125 Å². The quantitative estimate of drug-likeness (QED) is 0.631. The van der Waals surface area contributed by atoms with Crippen LogP contribution in [0.25, 0.3) is 0 Å². The van der Waals surface area contributed by atoms with E-state index in [0.717, 1.165) is 24.9 Å². The zero-order chi connectivity index (χ0) is 14.5. The number of carbonyl (C=O) groups is 1. The van der Waals surface area contributed by atoms with Crippen LogP contribution in [-0.2, 0) is 11.2 Å². The monoisotopic (exact) mass is 341 g/mol. The minimum Gasteiger partial charge on any atom is -0.354 e. The van der Waals surface area contributed by atoms with Crippen molar-refractivity contribution < 1.29 is 9.72 Å². The molecule has 6 nitrogen and oxygen atoms in total. The lowest BCUT2D eigenvalue weighted by molar-refractivity contribution is -0.384. The van der Waals surface area contributed by atoms with Crippen LogP contribution in [0, 0.1) is 10.1 Å². The van der Waals surface area contributed by atoms with Gasteiger partial charge in [0.2, 0.25) is 5.91 Å². The van der Waals surface area contributed by atoms with Gasteiger partial charge in [-0.05, 0) is 24.9 Å². The molecule has 0 aromatic heterocycles. The molecular formula is C13H16BrN3O3. The van der Waals surface area contributed by atoms with Gasteiger partial charge in [-0.3, -0.25) is 14.9 Å². The minimum atomic E-state index is -0.458. The van der Waals surface area contributed by atoms with Crippen molar-refractivity contribution in [1.82, 2.24) is 10.6 Å². The smallest absolute Gasteiger partial charge is 0.270 e. The molecule has 0 aliphatic carbocycles. The maximum absolute atomic E-state index is 11.8. The van der Waals surface area contributed by atoms with E-state index < -0.39 is 4.92 Å². The number of nitrogens with zero attached hydrogens (tertiary/aromatic N) is 1. The first-order valence-corrected chi connectivity index (χ1v) is 7.28. The largest absolute Gasteiger partial charge is 0.354 e. The molecular weight excluding hydrogens is 326 g/mol. The Morgan fingerprint density at radius 2 is 2.35 bits per heavy atom. The summed E-state index contributed by atoms with van der Waals surface area (Å²) in [7, 11) is 0. The van der Waals surface area contributed by atoms with E-state index in [1.54, 1.807) is 6.07 Å². The van der Waals surface area contributed by atoms with Gasteiger partial charge in [0.15, 0.2) is 0 Å². The molecule has 7 heteroatoms. The fourth-order valence-electron chi connectivity index (χ4n) is 2.20. The summed E-state index contributed by atoms with van der Waals surface area (Å²) in [4.78, 5) is 22.0. The molecule has 2 N–H and O–H groups in total. The summed E-state index contributed by atoms with van der Waals surface area (Å²) in [5.41, 5.74) is 0.753. The van der Waals surface area contributed by atoms with Crippen molar-refractivity contribution in [3.8, 4) is 0 Å². The molecule has 0 bridgehead atoms. The van der Waals surface area contributed by atoms with E-state index in [-0.39, 0.29) is 18.0 Å². The van der Waals surface area contributed by atoms with Crippen molar-refractivity contribution in [2.24, 2.45) is 0 Å². The van der Waals surface area contributed by atoms with E-state index in [9.17, 15) is 14.9 Å². The number of rotatable bonds is 5. The van der Waals surface area contributed by atoms with Crippen molar-refractivity contribution in [1.29, 1.82) is 0 Å². The molecule has 1 aromatic rings. The summed E-state index contributed by atoms with van der Waals surface area (Å²) in [5, 5.41) is 16.8. The maximum atomic E-state index is 11.8. The number of nitro benzene ring substituents is 1. The van der Waals surface area contributed by atoms with Crippen molar-refractivity contribution >= 4 is 27.5 Å². The van der Waals surface area contributed by atoms with Crippen molar-refractivity contribution in [2.45, 2.75) is 25.3 Å². The molecule has 20 heavy (non-hydrogen) atoms. The van der Waals surface area contributed by atoms with Gasteiger partial charge in [-0.15, -0.1) is 0 Å². The first kappa shape index (κ1) is 14.9. The maximum Gasteiger partial charge on any atom is 0.270 e. The zero-order valence-corrected chi connectivity index (χ0v) is 12.5. The zero-order valence-electron chi connectivity index (χ0n) is 10.9. The molecule has 0 spiro atoms. The third-order valence-corrected chi connectivity index (χ3v) is 4.04. The highest BCUT2D eigenvalue weighted by molar-refractivity contribution is 9.10. The van der Waals surface area contributed by atoms with Crippen LogP contribution in [0.2, 0.25) is 0 Å². The number of non-ortho nitro benzene ring substituents is 1. The van der Waals surface area contributed by atoms with Gasteiger partial charge in [0.1, 0.15) is 0 Å². The number of halogens is 1. The van der Waals surface area contributed by atoms with Crippen molar-refractivity contribution in [3.05, 3.63) is 38.3 Å². The molecule has 1 aliphatic rings. The second-order valence-electron chi connectivity index (χ2n) is 4.81. The summed E-state index contributed by atoms with van der Waals surface area (Å²) >= 11 is 3.26. The third-order valence-electron chi connectivity index (χ3n) is 3.31. The van der Waals surface area contributed by atoms with Crippen LogP contribution < -0.4 is 10.6 Å². The highest BCUT2D eigenvalue weighted by Crippen LogP contribution is 2.23. The van der Waals surface area contributed by atoms with E-state index in [1.807, 2.05) is 0 Å². The number of hydrogen-bond acceptors (Lipinski definition) is 4. The van der Waals surface area contributed by atoms with Gasteiger partial charge < -0.3 is 10.6 Å². The van der Waals surface area contributed by atoms with Gasteiger partial charge in [0, 0.05) is 29.2 Å². The number of nitro groups is 1. The molecule has 0 radical (unpaired) electrons. The van der Waals surface area contributed by atoms with Crippen molar-refractivity contribution in [3.63, 3.8) is 0 Å². The normalized spacial score (nSPS) is 17.9. The van der Waals surface area contributed by atoms with Gasteiger partial charge in [0.25, 0.3) is 5.69 Å². The Morgan fingerprint density at radius 1 is 1.55 bits per heavy atom. The lowest BCUT2D eigenvalue weighted by Gasteiger charge is -2.11. The highest BCUT2D eigenvalue weighted by Gasteiger charge is 2.16. The van der Waals surface area contributed by atoms with Crippen LogP contribution in [0.1, 0.15) is 18.4 Å². The van der Waals surface area contributed by atoms with Crippen LogP contribution in [0.5, 0.6) is 0 Å². The topological polar surface area (TPSA) is 84.3 Å². The van der Waals surface area contributed by atoms with Crippen LogP contribution in [0.3, 0.4) is 0 Å². The SMILES string of the molecule is O=C(Cc1ccc([N+](=O)[O-])cc1Br)NCC1CCCN1. The number of nitrogens with one attached hydrogen (secondary N) is 2. The van der Waals surface area contributed by atoms with Gasteiger partial charge >= 0.3 is 0 Å². The second-order valence-corrected chi connectivity index (χ2v) is 5.66. The van der Waals surface area contributed by atoms with Gasteiger partial charge in [-0.25, -0.2) is 0 Å². The molecule has 1 atom stereocenters. The van der Waals surface area contributed by atoms with Crippen LogP contribution in [0.15, 0.2) is 22.7 Å². The molecule has 1 heterocycles. The van der Waals surface area contributed by atoms with Gasteiger partial charge in [-0.2, -0.15) is 0 Å². The summed E-state index contributed by atoms with van der Waals surface area (Å²) in [6, 6.07) is 4.79. The van der Waals surface area contributed by atoms with E-state index in [0.29, 0.717) is 17.1 Å². The van der Waals surface area contributed by atoms with E-state index >= 15 is 0 Å². The van der Waals surface area contributed by atoms with E-state index in [2.05, 4.69) is 26.6 Å². The molecule has 1 amide bonds. The number of amides is 1. The number of carbonyl (C=O) groups excluding carboxylic acids is 1. The Balaban J connectivity index is 1.88. The molecule has 2 rings (SSSR count). The van der Waals surface area contributed by atoms with Gasteiger partial charge in [-0.1, -0.05) is 22.0 Å². The predicted octanol–water partition coefficient (Wildman–Crippen LogP) is 1.77. The average Bonchev–Trinajstić information content (AvgIpc) is 2.91. The molecule has 1 unspecified atom stereocenters. The summed E-state index contributed by atoms with van der Waals surface area (Å²) in [5.74, 6) is -0.0757. The summed E-state index contributed by atoms with van der Waals surface area (Å²) in [6.07, 6.45) is 2.45. The summed E-state index contributed by atoms with van der Waals surface area (Å²) in [6.45, 7) is 1.64. The Kier molecular flexibility index (Phi) is 5.08. The van der Waals surface area contributed by atoms with Crippen LogP contribution in [0.4, 0.5) is 5.69 Å². The lowest BCUT2D eigenvalue weighted by atomic mass is 10.1. The van der Waals surface area contributed by atoms with Crippen LogP contribution in [-0.4, -0.2) is 30.0 Å². The number of benzene rings is 1. The standard InChI is InChI=1S/C13H16BrN3O3/c14-12-7-11(17(19)20)4-3-9(12)6-13(18)16-8-10-2-1-5-15-10/h3-4,7,10,15H,1-2,5-6,8H2,(H,16,18). The molecule has 1 fully saturated rings. The summed E-state index contributed by atoms with van der Waals surface area (Å²) < 4.78 is 0.584. The van der Waals surface area contributed by atoms with E-state index in [1.165, 1.54) is 12.1 Å². The average molecular weight is 342 g/mol. The second kappa shape index (κ2) is 6.81. The fourth-order valence-corrected chi connectivity index (χ4v) is 2.70. The Morgan fingerprint density at radius 3 is 2.95 bits per heavy atom. The highest BCUT2D eigenvalue weighted by atomic mass is 79.9. The van der Waals surface area contributed by atoms with Crippen LogP contribution >= 0.6 is 15.9 Å². The first-order chi connectivity index (χ1) is 9.56. The first-order valence-electron chi connectivity index (χ1n) is 6.49. The fraction of sp³-hybridized carbons (Fsp3) is 0.462. The Bertz CT molecular complexity index is 516. The predicted molar refractivity (Wildman–Crippen MR) is 78.5 cm³/mol. The molecule has 1 aliphatic heterocycles. The van der Waals surface area contributed by atoms with E-state index in [4.69, 9.17) is 0 Å². The van der Waals surface area contributed by atoms with Crippen molar-refractivity contribution in [2.75, 3.05) is 13.1 Å². The molecule has 108 valence electrons. The Hall–Kier alpha value is -1.47. The van der Waals surface area contributed by atoms with Gasteiger partial charge in [0.05, 0.1) is 11.3 Å². The molecule has 1 aromatic carbocycles. The third kappa shape index (κ3) is 4.01. The molecule has 0 saturated carbocycles. The molecule has 1 saturated heterocycles. The lowest BCUT2D eigenvalue weighted by Crippen LogP contribution is -2.37.